The molecule has 1 aromatic rings. The van der Waals surface area contributed by atoms with Gasteiger partial charge in [0, 0.05) is 0 Å². The van der Waals surface area contributed by atoms with Gasteiger partial charge in [-0.2, -0.15) is 0 Å². The van der Waals surface area contributed by atoms with E-state index < -0.39 is 5.41 Å². The fraction of sp³-hybridized carbons (Fsp3) is 0.300. The standard InChI is InChI=1S/C10H10ClNOS/c1-10(2)5-6(12-9(10)13)7-3-4-8(11)14-7/h3-5H,1-2H3,(H,12,13). The maximum Gasteiger partial charge on any atom is 0.233 e. The highest BCUT2D eigenvalue weighted by atomic mass is 35.5. The SMILES string of the molecule is CC1(C)C=C(c2ccc(Cl)s2)NC1=O. The van der Waals surface area contributed by atoms with Gasteiger partial charge in [-0.05, 0) is 32.1 Å². The summed E-state index contributed by atoms with van der Waals surface area (Å²) in [7, 11) is 0. The molecule has 1 aliphatic rings. The first-order chi connectivity index (χ1) is 6.49. The number of halogens is 1. The van der Waals surface area contributed by atoms with Crippen molar-refractivity contribution >= 4 is 34.5 Å². The summed E-state index contributed by atoms with van der Waals surface area (Å²) in [6.45, 7) is 3.79. The fourth-order valence-electron chi connectivity index (χ4n) is 1.34. The van der Waals surface area contributed by atoms with Crippen LogP contribution in [0.5, 0.6) is 0 Å². The van der Waals surface area contributed by atoms with Gasteiger partial charge in [0.05, 0.1) is 20.3 Å². The van der Waals surface area contributed by atoms with Crippen molar-refractivity contribution in [2.75, 3.05) is 0 Å². The highest BCUT2D eigenvalue weighted by Crippen LogP contribution is 2.34. The van der Waals surface area contributed by atoms with E-state index in [1.807, 2.05) is 32.1 Å². The van der Waals surface area contributed by atoms with Gasteiger partial charge in [0.25, 0.3) is 0 Å². The third-order valence-electron chi connectivity index (χ3n) is 2.18. The fourth-order valence-corrected chi connectivity index (χ4v) is 2.35. The van der Waals surface area contributed by atoms with E-state index in [9.17, 15) is 4.79 Å². The summed E-state index contributed by atoms with van der Waals surface area (Å²) in [5.41, 5.74) is 0.461. The quantitative estimate of drug-likeness (QED) is 0.786. The summed E-state index contributed by atoms with van der Waals surface area (Å²) < 4.78 is 0.736. The van der Waals surface area contributed by atoms with E-state index in [-0.39, 0.29) is 5.91 Å². The molecular formula is C10H10ClNOS. The van der Waals surface area contributed by atoms with Crippen LogP contribution in [-0.2, 0) is 4.79 Å². The van der Waals surface area contributed by atoms with Crippen molar-refractivity contribution in [1.29, 1.82) is 0 Å². The molecule has 0 saturated heterocycles. The van der Waals surface area contributed by atoms with Gasteiger partial charge in [-0.15, -0.1) is 11.3 Å². The van der Waals surface area contributed by atoms with Gasteiger partial charge in [-0.3, -0.25) is 4.79 Å². The van der Waals surface area contributed by atoms with E-state index in [2.05, 4.69) is 5.32 Å². The molecule has 0 aromatic carbocycles. The average Bonchev–Trinajstić information content (AvgIpc) is 2.58. The molecule has 4 heteroatoms. The number of thiophene rings is 1. The van der Waals surface area contributed by atoms with Crippen LogP contribution >= 0.6 is 22.9 Å². The van der Waals surface area contributed by atoms with Crippen molar-refractivity contribution < 1.29 is 4.79 Å². The Hall–Kier alpha value is -0.800. The highest BCUT2D eigenvalue weighted by Gasteiger charge is 2.32. The Labute approximate surface area is 91.6 Å². The maximum atomic E-state index is 11.5. The van der Waals surface area contributed by atoms with Crippen LogP contribution in [0, 0.1) is 5.41 Å². The lowest BCUT2D eigenvalue weighted by molar-refractivity contribution is -0.124. The van der Waals surface area contributed by atoms with E-state index in [1.165, 1.54) is 11.3 Å². The van der Waals surface area contributed by atoms with Crippen molar-refractivity contribution in [3.05, 3.63) is 27.4 Å². The summed E-state index contributed by atoms with van der Waals surface area (Å²) in [6, 6.07) is 3.75. The largest absolute Gasteiger partial charge is 0.324 e. The van der Waals surface area contributed by atoms with Gasteiger partial charge >= 0.3 is 0 Å². The van der Waals surface area contributed by atoms with Gasteiger partial charge < -0.3 is 5.32 Å². The van der Waals surface area contributed by atoms with Crippen molar-refractivity contribution in [2.45, 2.75) is 13.8 Å². The average molecular weight is 228 g/mol. The van der Waals surface area contributed by atoms with E-state index in [1.54, 1.807) is 0 Å². The molecule has 14 heavy (non-hydrogen) atoms. The molecule has 0 saturated carbocycles. The van der Waals surface area contributed by atoms with Gasteiger partial charge in [-0.25, -0.2) is 0 Å². The molecular weight excluding hydrogens is 218 g/mol. The van der Waals surface area contributed by atoms with Crippen LogP contribution in [0.4, 0.5) is 0 Å². The number of hydrogen-bond acceptors (Lipinski definition) is 2. The molecule has 1 aromatic heterocycles. The maximum absolute atomic E-state index is 11.5. The molecule has 0 bridgehead atoms. The summed E-state index contributed by atoms with van der Waals surface area (Å²) in [4.78, 5) is 12.5. The van der Waals surface area contributed by atoms with Crippen LogP contribution in [0.1, 0.15) is 18.7 Å². The molecule has 0 unspecified atom stereocenters. The monoisotopic (exact) mass is 227 g/mol. The third-order valence-corrected chi connectivity index (χ3v) is 3.44. The van der Waals surface area contributed by atoms with E-state index >= 15 is 0 Å². The lowest BCUT2D eigenvalue weighted by atomic mass is 9.94. The first kappa shape index (κ1) is 9.74. The van der Waals surface area contributed by atoms with Crippen molar-refractivity contribution in [1.82, 2.24) is 5.32 Å². The predicted molar refractivity (Wildman–Crippen MR) is 59.2 cm³/mol. The van der Waals surface area contributed by atoms with Crippen LogP contribution in [0.15, 0.2) is 18.2 Å². The minimum Gasteiger partial charge on any atom is -0.324 e. The van der Waals surface area contributed by atoms with Crippen LogP contribution in [0.3, 0.4) is 0 Å². The molecule has 2 heterocycles. The Morgan fingerprint density at radius 2 is 2.14 bits per heavy atom. The smallest absolute Gasteiger partial charge is 0.233 e. The highest BCUT2D eigenvalue weighted by molar-refractivity contribution is 7.17. The van der Waals surface area contributed by atoms with Crippen LogP contribution in [-0.4, -0.2) is 5.91 Å². The Morgan fingerprint density at radius 3 is 2.57 bits per heavy atom. The van der Waals surface area contributed by atoms with E-state index in [4.69, 9.17) is 11.6 Å². The molecule has 0 radical (unpaired) electrons. The second-order valence-electron chi connectivity index (χ2n) is 3.84. The van der Waals surface area contributed by atoms with Crippen molar-refractivity contribution in [3.63, 3.8) is 0 Å². The van der Waals surface area contributed by atoms with Crippen LogP contribution in [0.25, 0.3) is 5.70 Å². The van der Waals surface area contributed by atoms with Gasteiger partial charge in [0.2, 0.25) is 5.91 Å². The Kier molecular flexibility index (Phi) is 2.16. The zero-order valence-electron chi connectivity index (χ0n) is 7.93. The number of hydrogen-bond donors (Lipinski definition) is 1. The minimum atomic E-state index is -0.411. The number of nitrogens with one attached hydrogen (secondary N) is 1. The zero-order valence-corrected chi connectivity index (χ0v) is 9.50. The lowest BCUT2D eigenvalue weighted by Crippen LogP contribution is -2.26. The predicted octanol–water partition coefficient (Wildman–Crippen LogP) is 2.90. The first-order valence-electron chi connectivity index (χ1n) is 4.29. The summed E-state index contributed by atoms with van der Waals surface area (Å²) in [5.74, 6) is 0.0389. The second kappa shape index (κ2) is 3.11. The summed E-state index contributed by atoms with van der Waals surface area (Å²) >= 11 is 7.30. The number of amides is 1. The third kappa shape index (κ3) is 1.57. The molecule has 2 nitrogen and oxygen atoms in total. The van der Waals surface area contributed by atoms with E-state index in [0.717, 1.165) is 14.9 Å². The normalized spacial score (nSPS) is 19.4. The van der Waals surface area contributed by atoms with Crippen molar-refractivity contribution in [3.8, 4) is 0 Å². The summed E-state index contributed by atoms with van der Waals surface area (Å²) in [5, 5.41) is 2.85. The lowest BCUT2D eigenvalue weighted by Gasteiger charge is -2.09. The Morgan fingerprint density at radius 1 is 1.43 bits per heavy atom. The Balaban J connectivity index is 2.35. The van der Waals surface area contributed by atoms with Gasteiger partial charge in [0.15, 0.2) is 0 Å². The Bertz CT molecular complexity index is 420. The number of rotatable bonds is 1. The zero-order chi connectivity index (χ0) is 10.3. The first-order valence-corrected chi connectivity index (χ1v) is 5.48. The van der Waals surface area contributed by atoms with Crippen LogP contribution in [0.2, 0.25) is 4.34 Å². The molecule has 0 aliphatic carbocycles. The van der Waals surface area contributed by atoms with Gasteiger partial charge in [-0.1, -0.05) is 11.6 Å². The van der Waals surface area contributed by atoms with E-state index in [0.29, 0.717) is 0 Å². The molecule has 74 valence electrons. The van der Waals surface area contributed by atoms with Crippen molar-refractivity contribution in [2.24, 2.45) is 5.41 Å². The molecule has 1 amide bonds. The van der Waals surface area contributed by atoms with Crippen LogP contribution < -0.4 is 5.32 Å². The molecule has 0 spiro atoms. The molecule has 0 atom stereocenters. The molecule has 1 N–H and O–H groups in total. The minimum absolute atomic E-state index is 0.0389. The topological polar surface area (TPSA) is 29.1 Å². The molecule has 1 aliphatic heterocycles. The number of carbonyl (C=O) groups is 1. The molecule has 2 rings (SSSR count). The second-order valence-corrected chi connectivity index (χ2v) is 5.55. The molecule has 0 fully saturated rings. The van der Waals surface area contributed by atoms with Gasteiger partial charge in [0.1, 0.15) is 0 Å². The summed E-state index contributed by atoms with van der Waals surface area (Å²) in [6.07, 6.45) is 1.94. The number of carbonyl (C=O) groups excluding carboxylic acids is 1.